The number of ether oxygens (including phenoxy) is 1. The van der Waals surface area contributed by atoms with Gasteiger partial charge in [-0.15, -0.1) is 11.3 Å². The lowest BCUT2D eigenvalue weighted by atomic mass is 9.96. The summed E-state index contributed by atoms with van der Waals surface area (Å²) in [6.07, 6.45) is 2.53. The molecule has 0 spiro atoms. The molecule has 4 aromatic rings. The van der Waals surface area contributed by atoms with E-state index in [9.17, 15) is 14.7 Å². The second kappa shape index (κ2) is 9.07. The number of aromatic nitrogens is 1. The molecule has 1 unspecified atom stereocenters. The largest absolute Gasteiger partial charge is 0.507 e. The maximum absolute atomic E-state index is 13.3. The molecule has 1 aliphatic heterocycles. The van der Waals surface area contributed by atoms with Crippen LogP contribution in [0.25, 0.3) is 16.7 Å². The normalized spacial score (nSPS) is 17.5. The van der Waals surface area contributed by atoms with Crippen LogP contribution in [0.5, 0.6) is 5.75 Å². The number of fused-ring (bicyclic) bond motifs is 1. The van der Waals surface area contributed by atoms with Crippen molar-refractivity contribution in [3.63, 3.8) is 0 Å². The first kappa shape index (κ1) is 22.9. The molecular formula is C28H26N2O4S. The van der Waals surface area contributed by atoms with E-state index in [0.717, 1.165) is 32.5 Å². The van der Waals surface area contributed by atoms with Crippen LogP contribution < -0.4 is 4.74 Å². The molecule has 5 rings (SSSR count). The van der Waals surface area contributed by atoms with Crippen LogP contribution in [-0.4, -0.2) is 40.3 Å². The third kappa shape index (κ3) is 3.91. The summed E-state index contributed by atoms with van der Waals surface area (Å²) >= 11 is 1.49. The molecule has 7 heteroatoms. The lowest BCUT2D eigenvalue weighted by Crippen LogP contribution is -2.31. The Morgan fingerprint density at radius 2 is 1.91 bits per heavy atom. The van der Waals surface area contributed by atoms with E-state index in [2.05, 4.69) is 4.98 Å². The molecule has 6 nitrogen and oxygen atoms in total. The van der Waals surface area contributed by atoms with Crippen molar-refractivity contribution in [2.45, 2.75) is 26.3 Å². The van der Waals surface area contributed by atoms with Gasteiger partial charge in [0.2, 0.25) is 0 Å². The zero-order valence-electron chi connectivity index (χ0n) is 19.8. The van der Waals surface area contributed by atoms with Gasteiger partial charge in [-0.05, 0) is 72.7 Å². The Kier molecular flexibility index (Phi) is 5.94. The number of likely N-dealkylation sites (tertiary alicyclic amines) is 1. The minimum atomic E-state index is -0.658. The van der Waals surface area contributed by atoms with E-state index < -0.39 is 17.7 Å². The molecule has 178 valence electrons. The highest BCUT2D eigenvalue weighted by Gasteiger charge is 2.47. The van der Waals surface area contributed by atoms with Gasteiger partial charge in [0.1, 0.15) is 11.5 Å². The molecule has 3 heterocycles. The van der Waals surface area contributed by atoms with Gasteiger partial charge in [-0.25, -0.2) is 0 Å². The lowest BCUT2D eigenvalue weighted by molar-refractivity contribution is -0.139. The number of hydrogen-bond donors (Lipinski definition) is 2. The van der Waals surface area contributed by atoms with Gasteiger partial charge in [0.15, 0.2) is 0 Å². The number of para-hydroxylation sites is 1. The highest BCUT2D eigenvalue weighted by molar-refractivity contribution is 7.10. The predicted octanol–water partition coefficient (Wildman–Crippen LogP) is 5.52. The first-order valence-electron chi connectivity index (χ1n) is 11.4. The standard InChI is InChI=1S/C28H26N2O4S/c1-16-11-13-35-27(16)24-23(25(31)20-9-8-19(34-3)14-17(20)2)26(32)28(33)30(24)12-10-18-15-29-22-7-5-4-6-21(18)22/h4-9,11,13-15,24,29,31H,10,12H2,1-3H3/b25-23-. The molecule has 2 aromatic carbocycles. The Bertz CT molecular complexity index is 1480. The van der Waals surface area contributed by atoms with Crippen molar-refractivity contribution in [1.82, 2.24) is 9.88 Å². The predicted molar refractivity (Wildman–Crippen MR) is 138 cm³/mol. The SMILES string of the molecule is COc1ccc(/C(O)=C2/C(=O)C(=O)N(CCc3c[nH]c4ccccc34)C2c2sccc2C)c(C)c1. The van der Waals surface area contributed by atoms with Gasteiger partial charge in [0.25, 0.3) is 11.7 Å². The number of hydrogen-bond acceptors (Lipinski definition) is 5. The molecule has 0 bridgehead atoms. The summed E-state index contributed by atoms with van der Waals surface area (Å²) in [6, 6.07) is 14.6. The fourth-order valence-corrected chi connectivity index (χ4v) is 5.85. The molecule has 1 amide bonds. The fraction of sp³-hybridized carbons (Fsp3) is 0.214. The fourth-order valence-electron chi connectivity index (χ4n) is 4.80. The number of carbonyl (C=O) groups excluding carboxylic acids is 2. The van der Waals surface area contributed by atoms with Gasteiger partial charge in [-0.2, -0.15) is 0 Å². The number of aliphatic hydroxyl groups excluding tert-OH is 1. The molecule has 0 saturated carbocycles. The van der Waals surface area contributed by atoms with Crippen LogP contribution in [0.1, 0.15) is 33.2 Å². The highest BCUT2D eigenvalue weighted by atomic mass is 32.1. The van der Waals surface area contributed by atoms with E-state index in [0.29, 0.717) is 24.3 Å². The number of ketones is 1. The first-order chi connectivity index (χ1) is 16.9. The van der Waals surface area contributed by atoms with E-state index in [1.54, 1.807) is 30.2 Å². The monoisotopic (exact) mass is 486 g/mol. The minimum absolute atomic E-state index is 0.132. The summed E-state index contributed by atoms with van der Waals surface area (Å²) in [5.74, 6) is -0.746. The quantitative estimate of drug-likeness (QED) is 0.214. The van der Waals surface area contributed by atoms with E-state index in [1.165, 1.54) is 11.3 Å². The van der Waals surface area contributed by atoms with Crippen molar-refractivity contribution < 1.29 is 19.4 Å². The topological polar surface area (TPSA) is 82.6 Å². The van der Waals surface area contributed by atoms with E-state index in [1.807, 2.05) is 55.8 Å². The number of nitrogens with one attached hydrogen (secondary N) is 1. The van der Waals surface area contributed by atoms with Crippen molar-refractivity contribution in [3.05, 3.63) is 92.8 Å². The van der Waals surface area contributed by atoms with Crippen molar-refractivity contribution in [3.8, 4) is 5.75 Å². The van der Waals surface area contributed by atoms with Crippen molar-refractivity contribution >= 4 is 39.7 Å². The Morgan fingerprint density at radius 1 is 1.11 bits per heavy atom. The molecule has 1 saturated heterocycles. The van der Waals surface area contributed by atoms with Gasteiger partial charge in [0, 0.05) is 34.1 Å². The number of thiophene rings is 1. The number of benzene rings is 2. The number of aliphatic hydroxyl groups is 1. The third-order valence-corrected chi connectivity index (χ3v) is 7.75. The van der Waals surface area contributed by atoms with Gasteiger partial charge in [-0.3, -0.25) is 9.59 Å². The summed E-state index contributed by atoms with van der Waals surface area (Å²) in [6.45, 7) is 4.16. The summed E-state index contributed by atoms with van der Waals surface area (Å²) < 4.78 is 5.28. The minimum Gasteiger partial charge on any atom is -0.507 e. The second-order valence-electron chi connectivity index (χ2n) is 8.75. The molecule has 0 radical (unpaired) electrons. The molecule has 1 fully saturated rings. The number of carbonyl (C=O) groups is 2. The number of methoxy groups -OCH3 is 1. The van der Waals surface area contributed by atoms with Crippen LogP contribution in [0, 0.1) is 13.8 Å². The average molecular weight is 487 g/mol. The summed E-state index contributed by atoms with van der Waals surface area (Å²) in [4.78, 5) is 32.4. The zero-order valence-corrected chi connectivity index (χ0v) is 20.6. The third-order valence-electron chi connectivity index (χ3n) is 6.68. The number of rotatable bonds is 6. The smallest absolute Gasteiger partial charge is 0.295 e. The van der Waals surface area contributed by atoms with Crippen LogP contribution in [0.2, 0.25) is 0 Å². The number of nitrogens with zero attached hydrogens (tertiary/aromatic N) is 1. The van der Waals surface area contributed by atoms with Crippen molar-refractivity contribution in [1.29, 1.82) is 0 Å². The number of aryl methyl sites for hydroxylation is 2. The first-order valence-corrected chi connectivity index (χ1v) is 12.3. The second-order valence-corrected chi connectivity index (χ2v) is 9.70. The maximum Gasteiger partial charge on any atom is 0.295 e. The molecule has 2 N–H and O–H groups in total. The van der Waals surface area contributed by atoms with Crippen LogP contribution >= 0.6 is 11.3 Å². The molecular weight excluding hydrogens is 460 g/mol. The van der Waals surface area contributed by atoms with Gasteiger partial charge < -0.3 is 19.7 Å². The summed E-state index contributed by atoms with van der Waals surface area (Å²) in [5, 5.41) is 14.4. The van der Waals surface area contributed by atoms with E-state index in [-0.39, 0.29) is 11.3 Å². The Balaban J connectivity index is 1.57. The number of H-pyrrole nitrogens is 1. The average Bonchev–Trinajstić information content (AvgIpc) is 3.54. The molecule has 0 aliphatic carbocycles. The van der Waals surface area contributed by atoms with Gasteiger partial charge >= 0.3 is 0 Å². The maximum atomic E-state index is 13.3. The molecule has 1 aliphatic rings. The highest BCUT2D eigenvalue weighted by Crippen LogP contribution is 2.43. The van der Waals surface area contributed by atoms with Crippen molar-refractivity contribution in [2.24, 2.45) is 0 Å². The summed E-state index contributed by atoms with van der Waals surface area (Å²) in [7, 11) is 1.58. The Labute approximate surface area is 207 Å². The number of amides is 1. The van der Waals surface area contributed by atoms with Crippen LogP contribution in [0.15, 0.2) is 65.7 Å². The number of Topliss-reactive ketones (excluding diaryl/α,β-unsaturated/α-hetero) is 1. The van der Waals surface area contributed by atoms with Crippen LogP contribution in [-0.2, 0) is 16.0 Å². The lowest BCUT2D eigenvalue weighted by Gasteiger charge is -2.25. The Hall–Kier alpha value is -3.84. The van der Waals surface area contributed by atoms with Crippen LogP contribution in [0.4, 0.5) is 0 Å². The van der Waals surface area contributed by atoms with Gasteiger partial charge in [0.05, 0.1) is 18.7 Å². The zero-order chi connectivity index (χ0) is 24.7. The van der Waals surface area contributed by atoms with Crippen LogP contribution in [0.3, 0.4) is 0 Å². The number of aromatic amines is 1. The molecule has 1 atom stereocenters. The Morgan fingerprint density at radius 3 is 2.63 bits per heavy atom. The van der Waals surface area contributed by atoms with Gasteiger partial charge in [-0.1, -0.05) is 18.2 Å². The van der Waals surface area contributed by atoms with Crippen molar-refractivity contribution in [2.75, 3.05) is 13.7 Å². The molecule has 35 heavy (non-hydrogen) atoms. The van der Waals surface area contributed by atoms with E-state index in [4.69, 9.17) is 4.74 Å². The summed E-state index contributed by atoms with van der Waals surface area (Å²) in [5.41, 5.74) is 4.50. The molecule has 2 aromatic heterocycles. The van der Waals surface area contributed by atoms with E-state index >= 15 is 0 Å².